The fourth-order valence-corrected chi connectivity index (χ4v) is 5.76. The van der Waals surface area contributed by atoms with Gasteiger partial charge < -0.3 is 25.0 Å². The van der Waals surface area contributed by atoms with Gasteiger partial charge in [-0.15, -0.1) is 0 Å². The number of sulfonamides is 1. The van der Waals surface area contributed by atoms with Gasteiger partial charge in [-0.2, -0.15) is 0 Å². The summed E-state index contributed by atoms with van der Waals surface area (Å²) in [7, 11) is -3.98. The quantitative estimate of drug-likeness (QED) is 0.220. The number of fused-ring (bicyclic) bond motifs is 1. The van der Waals surface area contributed by atoms with Crippen molar-refractivity contribution in [2.45, 2.75) is 49.3 Å². The van der Waals surface area contributed by atoms with E-state index in [-0.39, 0.29) is 37.2 Å². The SMILES string of the molecule is CCOC(=O)NC(=N)N1CCOC(CNC(=O)NC2(C(=O)C(C)NS(=O)(=O)c3ccc4ccccc4c3)CC2)C1. The Morgan fingerprint density at radius 3 is 2.60 bits per heavy atom. The number of Topliss-reactive ketones (excluding diaryl/α,β-unsaturated/α-hetero) is 1. The Morgan fingerprint density at radius 2 is 1.90 bits per heavy atom. The molecule has 1 aliphatic heterocycles. The number of amides is 3. The van der Waals surface area contributed by atoms with Crippen LogP contribution in [0.5, 0.6) is 0 Å². The first-order valence-electron chi connectivity index (χ1n) is 13.0. The van der Waals surface area contributed by atoms with Gasteiger partial charge in [-0.05, 0) is 49.6 Å². The second-order valence-corrected chi connectivity index (χ2v) is 11.5. The molecule has 1 heterocycles. The Balaban J connectivity index is 1.27. The predicted octanol–water partition coefficient (Wildman–Crippen LogP) is 1.29. The number of benzene rings is 2. The average Bonchev–Trinajstić information content (AvgIpc) is 3.71. The van der Waals surface area contributed by atoms with Crippen molar-refractivity contribution in [3.8, 4) is 0 Å². The molecule has 5 N–H and O–H groups in total. The van der Waals surface area contributed by atoms with Crippen LogP contribution in [-0.4, -0.2) is 87.7 Å². The zero-order valence-electron chi connectivity index (χ0n) is 22.4. The van der Waals surface area contributed by atoms with Gasteiger partial charge in [0.15, 0.2) is 5.78 Å². The fourth-order valence-electron chi connectivity index (χ4n) is 4.52. The molecule has 40 heavy (non-hydrogen) atoms. The number of carbonyl (C=O) groups is 3. The van der Waals surface area contributed by atoms with Crippen LogP contribution in [0.1, 0.15) is 26.7 Å². The Kier molecular flexibility index (Phi) is 8.91. The lowest BCUT2D eigenvalue weighted by Crippen LogP contribution is -2.56. The summed E-state index contributed by atoms with van der Waals surface area (Å²) >= 11 is 0. The lowest BCUT2D eigenvalue weighted by atomic mass is 10.1. The number of carbonyl (C=O) groups excluding carboxylic acids is 3. The molecule has 2 unspecified atom stereocenters. The summed E-state index contributed by atoms with van der Waals surface area (Å²) in [5.41, 5.74) is -1.15. The van der Waals surface area contributed by atoms with Crippen molar-refractivity contribution >= 4 is 44.7 Å². The van der Waals surface area contributed by atoms with Gasteiger partial charge in [-0.25, -0.2) is 22.7 Å². The molecule has 0 aromatic heterocycles. The van der Waals surface area contributed by atoms with Crippen LogP contribution in [0.25, 0.3) is 10.8 Å². The standard InChI is InChI=1S/C26H34N6O7S/c1-3-38-25(35)29-23(27)32-12-13-39-20(16-32)15-28-24(34)30-26(10-11-26)22(33)17(2)31-40(36,37)21-9-8-18-6-4-5-7-19(18)14-21/h4-9,14,17,20,31H,3,10-13,15-16H2,1-2H3,(H2,27,29,35)(H2,28,30,34). The van der Waals surface area contributed by atoms with Crippen LogP contribution in [0.3, 0.4) is 0 Å². The van der Waals surface area contributed by atoms with Crippen molar-refractivity contribution in [1.29, 1.82) is 5.41 Å². The number of hydrogen-bond acceptors (Lipinski definition) is 8. The van der Waals surface area contributed by atoms with Crippen molar-refractivity contribution in [1.82, 2.24) is 25.6 Å². The van der Waals surface area contributed by atoms with E-state index in [9.17, 15) is 22.8 Å². The molecule has 0 radical (unpaired) electrons. The van der Waals surface area contributed by atoms with E-state index in [1.165, 1.54) is 13.0 Å². The Labute approximate surface area is 232 Å². The van der Waals surface area contributed by atoms with E-state index in [4.69, 9.17) is 14.9 Å². The van der Waals surface area contributed by atoms with Crippen molar-refractivity contribution in [2.75, 3.05) is 32.8 Å². The summed E-state index contributed by atoms with van der Waals surface area (Å²) in [6, 6.07) is 10.5. The molecular weight excluding hydrogens is 540 g/mol. The normalized spacial score (nSPS) is 18.9. The van der Waals surface area contributed by atoms with Gasteiger partial charge in [0.2, 0.25) is 16.0 Å². The van der Waals surface area contributed by atoms with Crippen molar-refractivity contribution < 1.29 is 32.3 Å². The number of rotatable bonds is 9. The lowest BCUT2D eigenvalue weighted by molar-refractivity contribution is -0.123. The topological polar surface area (TPSA) is 179 Å². The van der Waals surface area contributed by atoms with Gasteiger partial charge in [-0.1, -0.05) is 30.3 Å². The molecule has 1 aliphatic carbocycles. The third-order valence-electron chi connectivity index (χ3n) is 6.77. The predicted molar refractivity (Wildman–Crippen MR) is 146 cm³/mol. The third kappa shape index (κ3) is 7.06. The smallest absolute Gasteiger partial charge is 0.413 e. The maximum Gasteiger partial charge on any atom is 0.413 e. The zero-order valence-corrected chi connectivity index (χ0v) is 23.2. The highest BCUT2D eigenvalue weighted by atomic mass is 32.2. The Morgan fingerprint density at radius 1 is 1.18 bits per heavy atom. The number of guanidine groups is 1. The fraction of sp³-hybridized carbons (Fsp3) is 0.462. The van der Waals surface area contributed by atoms with E-state index < -0.39 is 45.6 Å². The highest BCUT2D eigenvalue weighted by Gasteiger charge is 2.52. The van der Waals surface area contributed by atoms with Gasteiger partial charge in [0.05, 0.1) is 30.3 Å². The molecule has 2 aromatic rings. The van der Waals surface area contributed by atoms with Gasteiger partial charge in [-0.3, -0.25) is 15.5 Å². The summed E-state index contributed by atoms with van der Waals surface area (Å²) in [5.74, 6) is -0.551. The van der Waals surface area contributed by atoms with Crippen molar-refractivity contribution in [2.24, 2.45) is 0 Å². The summed E-state index contributed by atoms with van der Waals surface area (Å²) in [6.07, 6.45) is -0.388. The van der Waals surface area contributed by atoms with Crippen LogP contribution in [-0.2, 0) is 24.3 Å². The van der Waals surface area contributed by atoms with Crippen LogP contribution in [0.15, 0.2) is 47.4 Å². The Bertz CT molecular complexity index is 1390. The molecule has 216 valence electrons. The molecule has 0 spiro atoms. The van der Waals surface area contributed by atoms with Crippen molar-refractivity contribution in [3.63, 3.8) is 0 Å². The van der Waals surface area contributed by atoms with Crippen LogP contribution >= 0.6 is 0 Å². The van der Waals surface area contributed by atoms with Crippen molar-refractivity contribution in [3.05, 3.63) is 42.5 Å². The summed E-state index contributed by atoms with van der Waals surface area (Å²) in [6.45, 7) is 4.34. The second kappa shape index (κ2) is 12.2. The molecule has 1 saturated heterocycles. The number of urea groups is 1. The number of nitrogens with zero attached hydrogens (tertiary/aromatic N) is 1. The maximum atomic E-state index is 13.2. The van der Waals surface area contributed by atoms with Gasteiger partial charge >= 0.3 is 12.1 Å². The highest BCUT2D eigenvalue weighted by Crippen LogP contribution is 2.37. The van der Waals surface area contributed by atoms with Gasteiger partial charge in [0, 0.05) is 19.6 Å². The Hall–Kier alpha value is -3.75. The molecule has 1 saturated carbocycles. The molecule has 13 nitrogen and oxygen atoms in total. The third-order valence-corrected chi connectivity index (χ3v) is 8.31. The minimum atomic E-state index is -3.98. The average molecular weight is 575 g/mol. The molecule has 2 atom stereocenters. The first-order chi connectivity index (χ1) is 19.0. The van der Waals surface area contributed by atoms with E-state index >= 15 is 0 Å². The molecule has 14 heteroatoms. The first kappa shape index (κ1) is 29.2. The molecule has 4 rings (SSSR count). The van der Waals surface area contributed by atoms with Crippen LogP contribution < -0.4 is 20.7 Å². The monoisotopic (exact) mass is 574 g/mol. The second-order valence-electron chi connectivity index (χ2n) is 9.77. The zero-order chi connectivity index (χ0) is 28.9. The largest absolute Gasteiger partial charge is 0.450 e. The van der Waals surface area contributed by atoms with E-state index in [1.54, 1.807) is 24.0 Å². The van der Waals surface area contributed by atoms with Crippen LogP contribution in [0.2, 0.25) is 0 Å². The van der Waals surface area contributed by atoms with E-state index in [0.717, 1.165) is 10.8 Å². The number of hydrogen-bond donors (Lipinski definition) is 5. The molecule has 2 aromatic carbocycles. The van der Waals surface area contributed by atoms with E-state index in [2.05, 4.69) is 20.7 Å². The molecule has 0 bridgehead atoms. The molecular formula is C26H34N6O7S. The first-order valence-corrected chi connectivity index (χ1v) is 14.5. The number of ketones is 1. The van der Waals surface area contributed by atoms with Crippen LogP contribution in [0, 0.1) is 5.41 Å². The number of morpholine rings is 1. The molecule has 3 amide bonds. The number of nitrogens with one attached hydrogen (secondary N) is 5. The summed E-state index contributed by atoms with van der Waals surface area (Å²) in [4.78, 5) is 39.0. The van der Waals surface area contributed by atoms with Gasteiger partial charge in [0.1, 0.15) is 5.54 Å². The lowest BCUT2D eigenvalue weighted by Gasteiger charge is -2.34. The molecule has 2 aliphatic rings. The van der Waals surface area contributed by atoms with Crippen LogP contribution in [0.4, 0.5) is 9.59 Å². The van der Waals surface area contributed by atoms with Gasteiger partial charge in [0.25, 0.3) is 0 Å². The number of alkyl carbamates (subject to hydrolysis) is 1. The summed E-state index contributed by atoms with van der Waals surface area (Å²) in [5, 5.41) is 17.4. The maximum absolute atomic E-state index is 13.2. The molecule has 2 fully saturated rings. The van der Waals surface area contributed by atoms with E-state index in [1.807, 2.05) is 24.3 Å². The minimum absolute atomic E-state index is 0.0495. The summed E-state index contributed by atoms with van der Waals surface area (Å²) < 4.78 is 38.8. The van der Waals surface area contributed by atoms with E-state index in [0.29, 0.717) is 19.4 Å². The minimum Gasteiger partial charge on any atom is -0.450 e. The highest BCUT2D eigenvalue weighted by molar-refractivity contribution is 7.89. The number of ether oxygens (including phenoxy) is 2.